The lowest BCUT2D eigenvalue weighted by Crippen LogP contribution is -2.30. The smallest absolute Gasteiger partial charge is 0.462 e. The third-order valence-electron chi connectivity index (χ3n) is 14.3. The van der Waals surface area contributed by atoms with Crippen molar-refractivity contribution in [3.8, 4) is 0 Å². The van der Waals surface area contributed by atoms with E-state index in [0.717, 1.165) is 109 Å². The number of aliphatic hydroxyl groups excluding tert-OH is 1. The van der Waals surface area contributed by atoms with E-state index in [1.807, 2.05) is 0 Å². The van der Waals surface area contributed by atoms with Crippen LogP contribution in [0.5, 0.6) is 0 Å². The van der Waals surface area contributed by atoms with Crippen molar-refractivity contribution in [2.45, 2.75) is 318 Å². The van der Waals surface area contributed by atoms with E-state index in [9.17, 15) is 43.2 Å². The highest BCUT2D eigenvalue weighted by Crippen LogP contribution is 2.45. The van der Waals surface area contributed by atoms with Gasteiger partial charge in [-0.2, -0.15) is 0 Å². The number of phosphoric ester groups is 2. The molecule has 0 aliphatic heterocycles. The third-order valence-corrected chi connectivity index (χ3v) is 16.2. The van der Waals surface area contributed by atoms with E-state index in [4.69, 9.17) is 37.0 Å². The predicted octanol–water partition coefficient (Wildman–Crippen LogP) is 17.0. The zero-order valence-electron chi connectivity index (χ0n) is 53.1. The molecular formula is C63H122O17P2. The molecule has 0 saturated heterocycles. The predicted molar refractivity (Wildman–Crippen MR) is 326 cm³/mol. The van der Waals surface area contributed by atoms with Crippen LogP contribution >= 0.6 is 15.6 Å². The number of rotatable bonds is 60. The normalized spacial score (nSPS) is 14.5. The number of phosphoric acid groups is 2. The van der Waals surface area contributed by atoms with E-state index >= 15 is 0 Å². The summed E-state index contributed by atoms with van der Waals surface area (Å²) in [7, 11) is -9.89. The van der Waals surface area contributed by atoms with Crippen molar-refractivity contribution in [1.82, 2.24) is 0 Å². The van der Waals surface area contributed by atoms with Gasteiger partial charge in [-0.15, -0.1) is 0 Å². The average Bonchev–Trinajstić information content (AvgIpc) is 3.43. The molecule has 0 aromatic rings. The Balaban J connectivity index is 5.25. The molecule has 0 heterocycles. The summed E-state index contributed by atoms with van der Waals surface area (Å²) < 4.78 is 67.9. The Morgan fingerprint density at radius 1 is 0.305 bits per heavy atom. The molecule has 0 saturated carbocycles. The summed E-state index contributed by atoms with van der Waals surface area (Å²) in [4.78, 5) is 72.1. The molecule has 0 aromatic carbocycles. The Bertz CT molecular complexity index is 1640. The lowest BCUT2D eigenvalue weighted by Gasteiger charge is -2.21. The van der Waals surface area contributed by atoms with Crippen molar-refractivity contribution in [1.29, 1.82) is 0 Å². The molecule has 486 valence electrons. The zero-order valence-corrected chi connectivity index (χ0v) is 54.9. The lowest BCUT2D eigenvalue weighted by atomic mass is 10.0. The quantitative estimate of drug-likeness (QED) is 0.0222. The minimum atomic E-state index is -4.94. The number of hydrogen-bond acceptors (Lipinski definition) is 15. The van der Waals surface area contributed by atoms with Gasteiger partial charge in [0, 0.05) is 25.7 Å². The van der Waals surface area contributed by atoms with Crippen LogP contribution in [0.15, 0.2) is 0 Å². The summed E-state index contributed by atoms with van der Waals surface area (Å²) in [6.45, 7) is 13.9. The highest BCUT2D eigenvalue weighted by Gasteiger charge is 2.30. The highest BCUT2D eigenvalue weighted by molar-refractivity contribution is 7.47. The Morgan fingerprint density at radius 2 is 0.512 bits per heavy atom. The summed E-state index contributed by atoms with van der Waals surface area (Å²) >= 11 is 0. The van der Waals surface area contributed by atoms with E-state index in [0.29, 0.717) is 43.4 Å². The van der Waals surface area contributed by atoms with Gasteiger partial charge in [0.2, 0.25) is 0 Å². The summed E-state index contributed by atoms with van der Waals surface area (Å²) in [5, 5.41) is 10.5. The van der Waals surface area contributed by atoms with Gasteiger partial charge in [0.05, 0.1) is 26.4 Å². The maximum Gasteiger partial charge on any atom is 0.472 e. The first-order chi connectivity index (χ1) is 39.1. The van der Waals surface area contributed by atoms with E-state index < -0.39 is 97.5 Å². The standard InChI is InChI=1S/C63H122O17P2/c1-53(2)39-31-23-15-11-9-10-12-18-29-37-45-62(67)79-58(49-73-60(65)43-35-27-19-13-16-24-32-40-54(3)4)51-77-81(69,70)75-47-57(64)48-76-82(71,72)78-52-59(50-74-61(66)44-36-28-22-21-26-34-42-56(7)8)80-63(68)46-38-30-20-14-17-25-33-41-55(5)6/h53-59,64H,9-52H2,1-8H3,(H,69,70)(H,71,72)/t57?,58-,59-/m1/s1. The molecule has 19 heteroatoms. The van der Waals surface area contributed by atoms with E-state index in [1.165, 1.54) is 89.9 Å². The van der Waals surface area contributed by atoms with Crippen LogP contribution in [-0.2, 0) is 65.4 Å². The fourth-order valence-corrected chi connectivity index (χ4v) is 10.8. The van der Waals surface area contributed by atoms with Crippen LogP contribution in [0.2, 0.25) is 0 Å². The number of hydrogen-bond donors (Lipinski definition) is 3. The molecule has 0 rings (SSSR count). The molecule has 0 radical (unpaired) electrons. The lowest BCUT2D eigenvalue weighted by molar-refractivity contribution is -0.161. The monoisotopic (exact) mass is 1210 g/mol. The number of esters is 4. The van der Waals surface area contributed by atoms with E-state index in [1.54, 1.807) is 0 Å². The molecule has 0 aliphatic rings. The molecule has 5 atom stereocenters. The van der Waals surface area contributed by atoms with Crippen molar-refractivity contribution in [3.63, 3.8) is 0 Å². The summed E-state index contributed by atoms with van der Waals surface area (Å²) in [6, 6.07) is 0. The maximum atomic E-state index is 13.0. The molecule has 0 aromatic heterocycles. The van der Waals surface area contributed by atoms with Gasteiger partial charge >= 0.3 is 39.5 Å². The number of carbonyl (C=O) groups excluding carboxylic acids is 4. The molecule has 0 amide bonds. The Kier molecular flexibility index (Phi) is 52.0. The minimum absolute atomic E-state index is 0.102. The highest BCUT2D eigenvalue weighted by atomic mass is 31.2. The fourth-order valence-electron chi connectivity index (χ4n) is 9.25. The van der Waals surface area contributed by atoms with Gasteiger partial charge in [-0.05, 0) is 49.4 Å². The van der Waals surface area contributed by atoms with Crippen LogP contribution in [0.1, 0.15) is 299 Å². The van der Waals surface area contributed by atoms with Crippen molar-refractivity contribution >= 4 is 39.5 Å². The van der Waals surface area contributed by atoms with Crippen LogP contribution < -0.4 is 0 Å². The molecule has 82 heavy (non-hydrogen) atoms. The van der Waals surface area contributed by atoms with E-state index in [-0.39, 0.29) is 25.7 Å². The maximum absolute atomic E-state index is 13.0. The molecule has 17 nitrogen and oxygen atoms in total. The van der Waals surface area contributed by atoms with Crippen molar-refractivity contribution in [2.75, 3.05) is 39.6 Å². The second-order valence-electron chi connectivity index (χ2n) is 24.7. The van der Waals surface area contributed by atoms with Gasteiger partial charge in [0.15, 0.2) is 12.2 Å². The molecule has 3 unspecified atom stereocenters. The molecule has 0 aliphatic carbocycles. The number of ether oxygens (including phenoxy) is 4. The second kappa shape index (κ2) is 53.3. The molecule has 0 bridgehead atoms. The van der Waals surface area contributed by atoms with Crippen molar-refractivity contribution in [3.05, 3.63) is 0 Å². The van der Waals surface area contributed by atoms with Crippen molar-refractivity contribution < 1.29 is 80.2 Å². The minimum Gasteiger partial charge on any atom is -0.462 e. The van der Waals surface area contributed by atoms with Gasteiger partial charge in [-0.3, -0.25) is 37.3 Å². The van der Waals surface area contributed by atoms with Crippen molar-refractivity contribution in [2.24, 2.45) is 23.7 Å². The number of aliphatic hydroxyl groups is 1. The van der Waals surface area contributed by atoms with Gasteiger partial charge in [-0.1, -0.05) is 248 Å². The topological polar surface area (TPSA) is 237 Å². The summed E-state index contributed by atoms with van der Waals surface area (Å²) in [6.07, 6.45) is 32.4. The van der Waals surface area contributed by atoms with Crippen LogP contribution in [0, 0.1) is 23.7 Å². The summed E-state index contributed by atoms with van der Waals surface area (Å²) in [5.74, 6) is 0.688. The second-order valence-corrected chi connectivity index (χ2v) is 27.6. The molecule has 0 spiro atoms. The van der Waals surface area contributed by atoms with E-state index in [2.05, 4.69) is 55.4 Å². The third kappa shape index (κ3) is 57.2. The SMILES string of the molecule is CC(C)CCCCCCCCCCCCC(=O)O[C@H](COC(=O)CCCCCCCCCC(C)C)COP(=O)(O)OCC(O)COP(=O)(O)OC[C@@H](COC(=O)CCCCCCCCC(C)C)OC(=O)CCCCCCCCCC(C)C. The molecule has 0 fully saturated rings. The largest absolute Gasteiger partial charge is 0.472 e. The Hall–Kier alpha value is -1.94. The summed E-state index contributed by atoms with van der Waals surface area (Å²) in [5.41, 5.74) is 0. The zero-order chi connectivity index (χ0) is 61.1. The Labute approximate surface area is 498 Å². The van der Waals surface area contributed by atoms with Crippen LogP contribution in [0.25, 0.3) is 0 Å². The first-order valence-electron chi connectivity index (χ1n) is 32.7. The van der Waals surface area contributed by atoms with Gasteiger partial charge in [0.1, 0.15) is 19.3 Å². The van der Waals surface area contributed by atoms with Crippen LogP contribution in [0.4, 0.5) is 0 Å². The fraction of sp³-hybridized carbons (Fsp3) is 0.937. The van der Waals surface area contributed by atoms with Gasteiger partial charge < -0.3 is 33.8 Å². The van der Waals surface area contributed by atoms with Gasteiger partial charge in [-0.25, -0.2) is 9.13 Å². The number of carbonyl (C=O) groups is 4. The first-order valence-corrected chi connectivity index (χ1v) is 35.7. The van der Waals surface area contributed by atoms with Crippen LogP contribution in [-0.4, -0.2) is 96.7 Å². The first kappa shape index (κ1) is 80.1. The van der Waals surface area contributed by atoms with Crippen LogP contribution in [0.3, 0.4) is 0 Å². The number of unbranched alkanes of at least 4 members (excludes halogenated alkanes) is 26. The molecule has 3 N–H and O–H groups in total. The Morgan fingerprint density at radius 3 is 0.756 bits per heavy atom. The van der Waals surface area contributed by atoms with Gasteiger partial charge in [0.25, 0.3) is 0 Å². The average molecular weight is 1210 g/mol. The molecular weight excluding hydrogens is 1090 g/mol.